The Morgan fingerprint density at radius 3 is 2.50 bits per heavy atom. The Morgan fingerprint density at radius 2 is 1.81 bits per heavy atom. The first-order valence-electron chi connectivity index (χ1n) is 10.6. The molecule has 1 atom stereocenters. The van der Waals surface area contributed by atoms with Gasteiger partial charge in [-0.15, -0.1) is 0 Å². The molecule has 1 amide bonds. The first-order chi connectivity index (χ1) is 15.3. The topological polar surface area (TPSA) is 65.4 Å². The summed E-state index contributed by atoms with van der Waals surface area (Å²) in [6.07, 6.45) is 0.824. The number of hydrogen-bond acceptors (Lipinski definition) is 4. The summed E-state index contributed by atoms with van der Waals surface area (Å²) in [4.78, 5) is 13.3. The van der Waals surface area contributed by atoms with Crippen LogP contribution in [-0.4, -0.2) is 28.9 Å². The fourth-order valence-electron chi connectivity index (χ4n) is 3.73. The molecule has 0 spiro atoms. The average molecular weight is 458 g/mol. The first-order valence-corrected chi connectivity index (χ1v) is 10.9. The summed E-state index contributed by atoms with van der Waals surface area (Å²) in [6, 6.07) is 11.2. The molecule has 4 rings (SSSR count). The smallest absolute Gasteiger partial charge is 0.256 e. The largest absolute Gasteiger partial charge is 0.490 e. The molecule has 2 heterocycles. The van der Waals surface area contributed by atoms with Gasteiger partial charge in [0.05, 0.1) is 36.2 Å². The lowest BCUT2D eigenvalue weighted by Crippen LogP contribution is -2.32. The number of aromatic nitrogens is 2. The number of halogens is 2. The van der Waals surface area contributed by atoms with Crippen LogP contribution >= 0.6 is 11.6 Å². The molecule has 0 unspecified atom stereocenters. The number of nitrogens with one attached hydrogen (secondary N) is 1. The number of rotatable bonds is 5. The number of fused-ring (bicyclic) bond motifs is 1. The van der Waals surface area contributed by atoms with Gasteiger partial charge in [-0.3, -0.25) is 4.79 Å². The van der Waals surface area contributed by atoms with E-state index in [4.69, 9.17) is 21.1 Å². The summed E-state index contributed by atoms with van der Waals surface area (Å²) >= 11 is 6.53. The van der Waals surface area contributed by atoms with Crippen LogP contribution in [0.25, 0.3) is 5.69 Å². The van der Waals surface area contributed by atoms with Gasteiger partial charge in [0.1, 0.15) is 11.0 Å². The highest BCUT2D eigenvalue weighted by Crippen LogP contribution is 2.34. The second-order valence-electron chi connectivity index (χ2n) is 8.09. The molecule has 32 heavy (non-hydrogen) atoms. The Morgan fingerprint density at radius 1 is 1.12 bits per heavy atom. The molecule has 0 fully saturated rings. The summed E-state index contributed by atoms with van der Waals surface area (Å²) in [5.74, 6) is 0.806. The molecule has 1 aliphatic heterocycles. The third-order valence-electron chi connectivity index (χ3n) is 5.39. The normalized spacial score (nSPS) is 14.2. The van der Waals surface area contributed by atoms with Crippen LogP contribution in [0.2, 0.25) is 5.15 Å². The van der Waals surface area contributed by atoms with Crippen LogP contribution in [0.5, 0.6) is 11.5 Å². The van der Waals surface area contributed by atoms with Gasteiger partial charge < -0.3 is 14.8 Å². The average Bonchev–Trinajstić information content (AvgIpc) is 2.92. The van der Waals surface area contributed by atoms with Crippen molar-refractivity contribution in [1.82, 2.24) is 15.1 Å². The molecule has 6 nitrogen and oxygen atoms in total. The molecule has 0 radical (unpaired) electrons. The monoisotopic (exact) mass is 457 g/mol. The van der Waals surface area contributed by atoms with Crippen LogP contribution in [0.3, 0.4) is 0 Å². The van der Waals surface area contributed by atoms with Gasteiger partial charge in [0.25, 0.3) is 5.91 Å². The van der Waals surface area contributed by atoms with E-state index >= 15 is 0 Å². The Hall–Kier alpha value is -3.06. The fraction of sp³-hybridized carbons (Fsp3) is 0.333. The second kappa shape index (κ2) is 9.20. The molecule has 1 aliphatic rings. The highest BCUT2D eigenvalue weighted by atomic mass is 35.5. The SMILES string of the molecule is Cc1nn(-c2ccc(F)cc2)c(Cl)c1C(=O)N[C@@H](c1ccc2c(c1)OCCCO2)C(C)C. The molecule has 1 N–H and O–H groups in total. The lowest BCUT2D eigenvalue weighted by molar-refractivity contribution is 0.0925. The van der Waals surface area contributed by atoms with Crippen molar-refractivity contribution in [2.75, 3.05) is 13.2 Å². The summed E-state index contributed by atoms with van der Waals surface area (Å²) in [5, 5.41) is 7.66. The molecular weight excluding hydrogens is 433 g/mol. The molecule has 2 aromatic carbocycles. The minimum atomic E-state index is -0.360. The predicted molar refractivity (Wildman–Crippen MR) is 120 cm³/mol. The minimum Gasteiger partial charge on any atom is -0.490 e. The Kier molecular flexibility index (Phi) is 6.37. The summed E-state index contributed by atoms with van der Waals surface area (Å²) in [5.41, 5.74) is 2.26. The van der Waals surface area contributed by atoms with Gasteiger partial charge in [0.2, 0.25) is 0 Å². The fourth-order valence-corrected chi connectivity index (χ4v) is 4.09. The van der Waals surface area contributed by atoms with Gasteiger partial charge >= 0.3 is 0 Å². The Bertz CT molecular complexity index is 1130. The minimum absolute atomic E-state index is 0.106. The lowest BCUT2D eigenvalue weighted by Gasteiger charge is -2.24. The zero-order valence-electron chi connectivity index (χ0n) is 18.2. The number of carbonyl (C=O) groups excluding carboxylic acids is 1. The molecule has 168 valence electrons. The number of aryl methyl sites for hydroxylation is 1. The number of ether oxygens (including phenoxy) is 2. The zero-order chi connectivity index (χ0) is 22.8. The van der Waals surface area contributed by atoms with Gasteiger partial charge in [-0.25, -0.2) is 9.07 Å². The third-order valence-corrected chi connectivity index (χ3v) is 5.74. The van der Waals surface area contributed by atoms with E-state index in [1.165, 1.54) is 16.8 Å². The van der Waals surface area contributed by atoms with E-state index in [1.54, 1.807) is 19.1 Å². The van der Waals surface area contributed by atoms with E-state index in [1.807, 2.05) is 32.0 Å². The summed E-state index contributed by atoms with van der Waals surface area (Å²) < 4.78 is 26.2. The van der Waals surface area contributed by atoms with Crippen molar-refractivity contribution in [3.05, 3.63) is 70.3 Å². The predicted octanol–water partition coefficient (Wildman–Crippen LogP) is 5.26. The second-order valence-corrected chi connectivity index (χ2v) is 8.45. The maximum atomic E-state index is 13.3. The van der Waals surface area contributed by atoms with E-state index in [0.717, 1.165) is 12.0 Å². The Balaban J connectivity index is 1.62. The van der Waals surface area contributed by atoms with Crippen molar-refractivity contribution in [3.8, 4) is 17.2 Å². The molecule has 3 aromatic rings. The van der Waals surface area contributed by atoms with Crippen LogP contribution in [0.4, 0.5) is 4.39 Å². The summed E-state index contributed by atoms with van der Waals surface area (Å²) in [7, 11) is 0. The van der Waals surface area contributed by atoms with Crippen molar-refractivity contribution in [1.29, 1.82) is 0 Å². The number of hydrogen-bond donors (Lipinski definition) is 1. The maximum Gasteiger partial charge on any atom is 0.256 e. The Labute approximate surface area is 191 Å². The van der Waals surface area contributed by atoms with Crippen LogP contribution < -0.4 is 14.8 Å². The standard InChI is InChI=1S/C24H25ClFN3O3/c1-14(2)22(16-5-10-19-20(13-16)32-12-4-11-31-19)27-24(30)21-15(3)28-29(23(21)25)18-8-6-17(26)7-9-18/h5-10,13-14,22H,4,11-12H2,1-3H3,(H,27,30)/t22-/m1/s1. The van der Waals surface area contributed by atoms with Gasteiger partial charge in [-0.05, 0) is 54.8 Å². The van der Waals surface area contributed by atoms with Gasteiger partial charge in [0.15, 0.2) is 11.5 Å². The highest BCUT2D eigenvalue weighted by molar-refractivity contribution is 6.33. The van der Waals surface area contributed by atoms with Crippen molar-refractivity contribution in [2.24, 2.45) is 5.92 Å². The molecule has 0 saturated heterocycles. The van der Waals surface area contributed by atoms with E-state index < -0.39 is 0 Å². The molecule has 1 aromatic heterocycles. The van der Waals surface area contributed by atoms with Crippen molar-refractivity contribution < 1.29 is 18.7 Å². The number of carbonyl (C=O) groups is 1. The quantitative estimate of drug-likeness (QED) is 0.567. The van der Waals surface area contributed by atoms with Crippen molar-refractivity contribution in [2.45, 2.75) is 33.2 Å². The van der Waals surface area contributed by atoms with E-state index in [0.29, 0.717) is 36.1 Å². The molecule has 0 bridgehead atoms. The first kappa shape index (κ1) is 22.1. The van der Waals surface area contributed by atoms with Crippen molar-refractivity contribution >= 4 is 17.5 Å². The van der Waals surface area contributed by atoms with Gasteiger partial charge in [-0.2, -0.15) is 5.10 Å². The van der Waals surface area contributed by atoms with Crippen LogP contribution in [0, 0.1) is 18.7 Å². The number of amides is 1. The van der Waals surface area contributed by atoms with E-state index in [2.05, 4.69) is 10.4 Å². The molecule has 0 saturated carbocycles. The van der Waals surface area contributed by atoms with Gasteiger partial charge in [-0.1, -0.05) is 31.5 Å². The maximum absolute atomic E-state index is 13.3. The zero-order valence-corrected chi connectivity index (χ0v) is 18.9. The highest BCUT2D eigenvalue weighted by Gasteiger charge is 2.26. The van der Waals surface area contributed by atoms with Crippen LogP contribution in [-0.2, 0) is 0 Å². The molecular formula is C24H25ClFN3O3. The van der Waals surface area contributed by atoms with Gasteiger partial charge in [0, 0.05) is 6.42 Å². The van der Waals surface area contributed by atoms with Crippen LogP contribution in [0.1, 0.15) is 47.9 Å². The van der Waals surface area contributed by atoms with Crippen molar-refractivity contribution in [3.63, 3.8) is 0 Å². The van der Waals surface area contributed by atoms with Crippen LogP contribution in [0.15, 0.2) is 42.5 Å². The lowest BCUT2D eigenvalue weighted by atomic mass is 9.95. The molecule has 0 aliphatic carbocycles. The third kappa shape index (κ3) is 4.43. The number of nitrogens with zero attached hydrogens (tertiary/aromatic N) is 2. The summed E-state index contributed by atoms with van der Waals surface area (Å²) in [6.45, 7) is 6.99. The number of benzene rings is 2. The van der Waals surface area contributed by atoms with E-state index in [9.17, 15) is 9.18 Å². The van der Waals surface area contributed by atoms with E-state index in [-0.39, 0.29) is 34.4 Å². The molecule has 8 heteroatoms.